The lowest BCUT2D eigenvalue weighted by molar-refractivity contribution is 1.00. The van der Waals surface area contributed by atoms with Crippen LogP contribution in [0.15, 0.2) is 36.9 Å². The molecule has 1 unspecified atom stereocenters. The van der Waals surface area contributed by atoms with E-state index >= 15 is 0 Å². The number of benzene rings is 1. The first-order valence-corrected chi connectivity index (χ1v) is 4.80. The van der Waals surface area contributed by atoms with Crippen molar-refractivity contribution in [1.82, 2.24) is 0 Å². The number of anilines is 2. The Morgan fingerprint density at radius 2 is 2.14 bits per heavy atom. The molecular weight excluding hydrogens is 172 g/mol. The minimum atomic E-state index is 0.299. The van der Waals surface area contributed by atoms with Crippen LogP contribution in [-0.2, 0) is 0 Å². The van der Waals surface area contributed by atoms with Gasteiger partial charge in [0, 0.05) is 31.5 Å². The lowest BCUT2D eigenvalue weighted by Gasteiger charge is -2.16. The molecule has 2 nitrogen and oxygen atoms in total. The lowest BCUT2D eigenvalue weighted by atomic mass is 10.2. The first-order valence-electron chi connectivity index (χ1n) is 4.80. The predicted octanol–water partition coefficient (Wildman–Crippen LogP) is 2.74. The second-order valence-corrected chi connectivity index (χ2v) is 3.61. The van der Waals surface area contributed by atoms with Gasteiger partial charge in [0.1, 0.15) is 0 Å². The van der Waals surface area contributed by atoms with E-state index in [1.165, 1.54) is 5.69 Å². The van der Waals surface area contributed by atoms with Gasteiger partial charge >= 0.3 is 0 Å². The van der Waals surface area contributed by atoms with Gasteiger partial charge in [-0.05, 0) is 25.1 Å². The Kier molecular flexibility index (Phi) is 3.57. The molecule has 1 N–H and O–H groups in total. The Morgan fingerprint density at radius 3 is 2.71 bits per heavy atom. The maximum Gasteiger partial charge on any atom is 0.0413 e. The van der Waals surface area contributed by atoms with E-state index in [0.29, 0.717) is 6.04 Å². The van der Waals surface area contributed by atoms with Gasteiger partial charge in [-0.3, -0.25) is 0 Å². The van der Waals surface area contributed by atoms with Crippen molar-refractivity contribution in [3.8, 4) is 0 Å². The molecule has 0 aliphatic carbocycles. The predicted molar refractivity (Wildman–Crippen MR) is 64.1 cm³/mol. The summed E-state index contributed by atoms with van der Waals surface area (Å²) in [6.45, 7) is 5.82. The molecule has 1 aromatic carbocycles. The van der Waals surface area contributed by atoms with Gasteiger partial charge in [-0.25, -0.2) is 0 Å². The van der Waals surface area contributed by atoms with Crippen molar-refractivity contribution >= 4 is 11.4 Å². The Labute approximate surface area is 86.2 Å². The zero-order valence-electron chi connectivity index (χ0n) is 9.12. The molecule has 14 heavy (non-hydrogen) atoms. The van der Waals surface area contributed by atoms with Gasteiger partial charge in [-0.1, -0.05) is 12.1 Å². The molecule has 0 aliphatic heterocycles. The highest BCUT2D eigenvalue weighted by atomic mass is 15.1. The minimum Gasteiger partial charge on any atom is -0.379 e. The minimum absolute atomic E-state index is 0.299. The average Bonchev–Trinajstić information content (AvgIpc) is 2.18. The van der Waals surface area contributed by atoms with Crippen LogP contribution in [0.3, 0.4) is 0 Å². The van der Waals surface area contributed by atoms with E-state index in [0.717, 1.165) is 5.69 Å². The Hall–Kier alpha value is -1.44. The molecule has 0 bridgehead atoms. The first kappa shape index (κ1) is 10.6. The first-order chi connectivity index (χ1) is 6.63. The van der Waals surface area contributed by atoms with Crippen LogP contribution in [0.25, 0.3) is 0 Å². The fourth-order valence-electron chi connectivity index (χ4n) is 1.20. The topological polar surface area (TPSA) is 15.3 Å². The van der Waals surface area contributed by atoms with Crippen molar-refractivity contribution in [2.75, 3.05) is 24.3 Å². The summed E-state index contributed by atoms with van der Waals surface area (Å²) in [7, 11) is 4.08. The largest absolute Gasteiger partial charge is 0.379 e. The molecule has 1 aromatic rings. The Balaban J connectivity index is 2.78. The zero-order chi connectivity index (χ0) is 10.6. The normalized spacial score (nSPS) is 11.9. The second-order valence-electron chi connectivity index (χ2n) is 3.61. The van der Waals surface area contributed by atoms with Crippen molar-refractivity contribution in [1.29, 1.82) is 0 Å². The van der Waals surface area contributed by atoms with Crippen molar-refractivity contribution in [2.24, 2.45) is 0 Å². The van der Waals surface area contributed by atoms with Crippen LogP contribution in [0.1, 0.15) is 6.92 Å². The summed E-state index contributed by atoms with van der Waals surface area (Å²) in [5.41, 5.74) is 2.33. The molecule has 0 aromatic heterocycles. The fraction of sp³-hybridized carbons (Fsp3) is 0.333. The Morgan fingerprint density at radius 1 is 1.43 bits per heavy atom. The summed E-state index contributed by atoms with van der Waals surface area (Å²) < 4.78 is 0. The van der Waals surface area contributed by atoms with Crippen LogP contribution in [0.2, 0.25) is 0 Å². The molecule has 0 amide bonds. The number of hydrogen-bond donors (Lipinski definition) is 1. The molecule has 0 spiro atoms. The van der Waals surface area contributed by atoms with E-state index < -0.39 is 0 Å². The van der Waals surface area contributed by atoms with Crippen LogP contribution in [0.5, 0.6) is 0 Å². The van der Waals surface area contributed by atoms with Crippen molar-refractivity contribution in [3.63, 3.8) is 0 Å². The molecule has 0 aliphatic rings. The standard InChI is InChI=1S/C12H18N2/c1-5-10(2)13-11-7-6-8-12(9-11)14(3)4/h5-10,13H,1H2,2-4H3. The summed E-state index contributed by atoms with van der Waals surface area (Å²) in [5.74, 6) is 0. The van der Waals surface area contributed by atoms with E-state index in [1.807, 2.05) is 26.2 Å². The number of nitrogens with zero attached hydrogens (tertiary/aromatic N) is 1. The number of rotatable bonds is 4. The van der Waals surface area contributed by atoms with Crippen LogP contribution in [-0.4, -0.2) is 20.1 Å². The molecule has 0 saturated carbocycles. The number of nitrogens with one attached hydrogen (secondary N) is 1. The van der Waals surface area contributed by atoms with Crippen LogP contribution < -0.4 is 10.2 Å². The number of hydrogen-bond acceptors (Lipinski definition) is 2. The van der Waals surface area contributed by atoms with Crippen LogP contribution in [0.4, 0.5) is 11.4 Å². The Bertz CT molecular complexity index is 305. The van der Waals surface area contributed by atoms with Gasteiger partial charge in [0.2, 0.25) is 0 Å². The SMILES string of the molecule is C=CC(C)Nc1cccc(N(C)C)c1. The molecule has 0 saturated heterocycles. The average molecular weight is 190 g/mol. The third kappa shape index (κ3) is 2.80. The van der Waals surface area contributed by atoms with Gasteiger partial charge in [-0.2, -0.15) is 0 Å². The molecule has 0 heterocycles. The van der Waals surface area contributed by atoms with E-state index in [2.05, 4.69) is 41.9 Å². The van der Waals surface area contributed by atoms with E-state index in [1.54, 1.807) is 0 Å². The van der Waals surface area contributed by atoms with Gasteiger partial charge in [0.25, 0.3) is 0 Å². The van der Waals surface area contributed by atoms with Gasteiger partial charge in [0.05, 0.1) is 0 Å². The van der Waals surface area contributed by atoms with Gasteiger partial charge in [0.15, 0.2) is 0 Å². The zero-order valence-corrected chi connectivity index (χ0v) is 9.12. The quantitative estimate of drug-likeness (QED) is 0.734. The molecule has 76 valence electrons. The van der Waals surface area contributed by atoms with E-state index in [-0.39, 0.29) is 0 Å². The molecule has 1 atom stereocenters. The molecule has 2 heteroatoms. The van der Waals surface area contributed by atoms with Gasteiger partial charge < -0.3 is 10.2 Å². The van der Waals surface area contributed by atoms with E-state index in [4.69, 9.17) is 0 Å². The van der Waals surface area contributed by atoms with Crippen molar-refractivity contribution in [2.45, 2.75) is 13.0 Å². The third-order valence-electron chi connectivity index (χ3n) is 2.11. The molecule has 1 rings (SSSR count). The van der Waals surface area contributed by atoms with Crippen molar-refractivity contribution < 1.29 is 0 Å². The summed E-state index contributed by atoms with van der Waals surface area (Å²) in [6.07, 6.45) is 1.89. The van der Waals surface area contributed by atoms with Crippen LogP contribution >= 0.6 is 0 Å². The fourth-order valence-corrected chi connectivity index (χ4v) is 1.20. The molecule has 0 fully saturated rings. The molecular formula is C12H18N2. The van der Waals surface area contributed by atoms with Crippen molar-refractivity contribution in [3.05, 3.63) is 36.9 Å². The summed E-state index contributed by atoms with van der Waals surface area (Å²) in [6, 6.07) is 8.62. The maximum atomic E-state index is 3.74. The van der Waals surface area contributed by atoms with E-state index in [9.17, 15) is 0 Å². The second kappa shape index (κ2) is 4.70. The summed E-state index contributed by atoms with van der Waals surface area (Å²) >= 11 is 0. The molecule has 0 radical (unpaired) electrons. The van der Waals surface area contributed by atoms with Crippen LogP contribution in [0, 0.1) is 0 Å². The smallest absolute Gasteiger partial charge is 0.0413 e. The monoisotopic (exact) mass is 190 g/mol. The lowest BCUT2D eigenvalue weighted by Crippen LogP contribution is -2.13. The summed E-state index contributed by atoms with van der Waals surface area (Å²) in [4.78, 5) is 2.09. The highest BCUT2D eigenvalue weighted by molar-refractivity contribution is 5.57. The summed E-state index contributed by atoms with van der Waals surface area (Å²) in [5, 5.41) is 3.34. The van der Waals surface area contributed by atoms with Gasteiger partial charge in [-0.15, -0.1) is 6.58 Å². The highest BCUT2D eigenvalue weighted by Crippen LogP contribution is 2.17. The highest BCUT2D eigenvalue weighted by Gasteiger charge is 1.99. The maximum absolute atomic E-state index is 3.74. The third-order valence-corrected chi connectivity index (χ3v) is 2.11.